The Balaban J connectivity index is 1.95. The third kappa shape index (κ3) is 7.63. The van der Waals surface area contributed by atoms with E-state index >= 15 is 0 Å². The number of para-hydroxylation sites is 1. The molecule has 0 aliphatic heterocycles. The van der Waals surface area contributed by atoms with Crippen molar-refractivity contribution in [2.75, 3.05) is 13.2 Å². The van der Waals surface area contributed by atoms with Crippen molar-refractivity contribution in [1.82, 2.24) is 10.2 Å². The molecule has 3 aromatic rings. The number of hydrogen-bond donors (Lipinski definition) is 1. The maximum absolute atomic E-state index is 13.6. The molecule has 35 heavy (non-hydrogen) atoms. The molecule has 2 amide bonds. The van der Waals surface area contributed by atoms with E-state index < -0.39 is 11.9 Å². The van der Waals surface area contributed by atoms with Crippen molar-refractivity contribution in [2.24, 2.45) is 0 Å². The monoisotopic (exact) mass is 532 g/mol. The lowest BCUT2D eigenvalue weighted by molar-refractivity contribution is -0.142. The summed E-state index contributed by atoms with van der Waals surface area (Å²) in [5.41, 5.74) is 1.47. The molecule has 5 nitrogen and oxygen atoms in total. The zero-order valence-electron chi connectivity index (χ0n) is 19.3. The summed E-state index contributed by atoms with van der Waals surface area (Å²) in [7, 11) is 0. The number of rotatable bonds is 11. The van der Waals surface area contributed by atoms with Crippen molar-refractivity contribution in [3.63, 3.8) is 0 Å². The number of benzene rings is 3. The van der Waals surface area contributed by atoms with E-state index in [-0.39, 0.29) is 19.1 Å². The van der Waals surface area contributed by atoms with E-state index in [1.54, 1.807) is 42.5 Å². The van der Waals surface area contributed by atoms with E-state index in [9.17, 15) is 9.59 Å². The van der Waals surface area contributed by atoms with Crippen LogP contribution in [0, 0.1) is 0 Å². The van der Waals surface area contributed by atoms with E-state index in [1.807, 2.05) is 37.3 Å². The molecule has 1 atom stereocenters. The van der Waals surface area contributed by atoms with Gasteiger partial charge in [-0.25, -0.2) is 0 Å². The van der Waals surface area contributed by atoms with Gasteiger partial charge in [0.25, 0.3) is 5.91 Å². The number of halogens is 3. The van der Waals surface area contributed by atoms with Crippen LogP contribution < -0.4 is 10.1 Å². The van der Waals surface area contributed by atoms with Gasteiger partial charge in [-0.2, -0.15) is 0 Å². The summed E-state index contributed by atoms with van der Waals surface area (Å²) in [5.74, 6) is -0.272. The standard InChI is InChI=1S/C27H27Cl3N2O3/c1-2-15-31-27(34)24(16-19-9-4-3-5-10-19)32(17-20-21(28)12-8-13-22(20)29)26(33)18-35-25-14-7-6-11-23(25)30/h3-14,24H,2,15-18H2,1H3,(H,31,34)/t24-/m1/s1. The SMILES string of the molecule is CCCNC(=O)[C@@H](Cc1ccccc1)N(Cc1c(Cl)cccc1Cl)C(=O)COc1ccccc1Cl. The van der Waals surface area contributed by atoms with Gasteiger partial charge in [-0.15, -0.1) is 0 Å². The lowest BCUT2D eigenvalue weighted by Crippen LogP contribution is -2.51. The van der Waals surface area contributed by atoms with Gasteiger partial charge in [0, 0.05) is 35.1 Å². The zero-order valence-corrected chi connectivity index (χ0v) is 21.6. The maximum Gasteiger partial charge on any atom is 0.261 e. The second-order valence-electron chi connectivity index (χ2n) is 7.94. The lowest BCUT2D eigenvalue weighted by atomic mass is 10.0. The van der Waals surface area contributed by atoms with Crippen molar-refractivity contribution in [3.8, 4) is 5.75 Å². The summed E-state index contributed by atoms with van der Waals surface area (Å²) in [5, 5.41) is 4.14. The van der Waals surface area contributed by atoms with Crippen LogP contribution in [0.25, 0.3) is 0 Å². The highest BCUT2D eigenvalue weighted by Crippen LogP contribution is 2.28. The van der Waals surface area contributed by atoms with Crippen LogP contribution in [0.2, 0.25) is 15.1 Å². The van der Waals surface area contributed by atoms with Crippen molar-refractivity contribution in [3.05, 3.63) is 99.0 Å². The topological polar surface area (TPSA) is 58.6 Å². The Bertz CT molecular complexity index is 1120. The molecule has 0 spiro atoms. The molecule has 0 unspecified atom stereocenters. The first-order valence-corrected chi connectivity index (χ1v) is 12.5. The molecule has 0 fully saturated rings. The largest absolute Gasteiger partial charge is 0.482 e. The highest BCUT2D eigenvalue weighted by atomic mass is 35.5. The summed E-state index contributed by atoms with van der Waals surface area (Å²) in [6.07, 6.45) is 1.08. The summed E-state index contributed by atoms with van der Waals surface area (Å²) >= 11 is 19.0. The zero-order chi connectivity index (χ0) is 25.2. The Morgan fingerprint density at radius 1 is 0.886 bits per heavy atom. The first kappa shape index (κ1) is 26.9. The van der Waals surface area contributed by atoms with Crippen LogP contribution >= 0.6 is 34.8 Å². The Kier molecular flexibility index (Phi) is 10.3. The third-order valence-electron chi connectivity index (χ3n) is 5.40. The molecular formula is C27H27Cl3N2O3. The molecule has 0 saturated carbocycles. The van der Waals surface area contributed by atoms with Gasteiger partial charge in [-0.3, -0.25) is 9.59 Å². The molecular weight excluding hydrogens is 507 g/mol. The van der Waals surface area contributed by atoms with Gasteiger partial charge in [0.2, 0.25) is 5.91 Å². The molecule has 0 saturated heterocycles. The number of hydrogen-bond acceptors (Lipinski definition) is 3. The van der Waals surface area contributed by atoms with E-state index in [0.29, 0.717) is 39.3 Å². The van der Waals surface area contributed by atoms with Gasteiger partial charge >= 0.3 is 0 Å². The molecule has 1 N–H and O–H groups in total. The number of nitrogens with one attached hydrogen (secondary N) is 1. The van der Waals surface area contributed by atoms with Gasteiger partial charge < -0.3 is 15.0 Å². The number of carbonyl (C=O) groups excluding carboxylic acids is 2. The highest BCUT2D eigenvalue weighted by molar-refractivity contribution is 6.36. The molecule has 0 aliphatic carbocycles. The van der Waals surface area contributed by atoms with E-state index in [1.165, 1.54) is 4.90 Å². The van der Waals surface area contributed by atoms with Gasteiger partial charge in [-0.1, -0.05) is 90.3 Å². The number of amides is 2. The number of carbonyl (C=O) groups is 2. The van der Waals surface area contributed by atoms with Gasteiger partial charge in [0.1, 0.15) is 11.8 Å². The predicted octanol–water partition coefficient (Wildman–Crippen LogP) is 6.19. The van der Waals surface area contributed by atoms with Crippen molar-refractivity contribution < 1.29 is 14.3 Å². The highest BCUT2D eigenvalue weighted by Gasteiger charge is 2.31. The second-order valence-corrected chi connectivity index (χ2v) is 9.16. The number of nitrogens with zero attached hydrogens (tertiary/aromatic N) is 1. The Morgan fingerprint density at radius 3 is 2.17 bits per heavy atom. The number of ether oxygens (including phenoxy) is 1. The molecule has 184 valence electrons. The molecule has 0 bridgehead atoms. The van der Waals surface area contributed by atoms with Crippen molar-refractivity contribution >= 4 is 46.6 Å². The van der Waals surface area contributed by atoms with Crippen LogP contribution in [0.1, 0.15) is 24.5 Å². The smallest absolute Gasteiger partial charge is 0.261 e. The van der Waals surface area contributed by atoms with Crippen LogP contribution in [0.15, 0.2) is 72.8 Å². The summed E-state index contributed by atoms with van der Waals surface area (Å²) in [6, 6.07) is 20.8. The molecule has 0 heterocycles. The van der Waals surface area contributed by atoms with Gasteiger partial charge in [0.15, 0.2) is 6.61 Å². The molecule has 3 aromatic carbocycles. The maximum atomic E-state index is 13.6. The van der Waals surface area contributed by atoms with E-state index in [2.05, 4.69) is 5.32 Å². The van der Waals surface area contributed by atoms with Crippen LogP contribution in [-0.4, -0.2) is 35.9 Å². The Hall–Kier alpha value is -2.73. The fourth-order valence-corrected chi connectivity index (χ4v) is 4.27. The fourth-order valence-electron chi connectivity index (χ4n) is 3.56. The van der Waals surface area contributed by atoms with Crippen LogP contribution in [0.4, 0.5) is 0 Å². The summed E-state index contributed by atoms with van der Waals surface area (Å²) in [4.78, 5) is 28.3. The lowest BCUT2D eigenvalue weighted by Gasteiger charge is -2.32. The minimum Gasteiger partial charge on any atom is -0.482 e. The second kappa shape index (κ2) is 13.4. The van der Waals surface area contributed by atoms with Crippen molar-refractivity contribution in [2.45, 2.75) is 32.4 Å². The quantitative estimate of drug-likeness (QED) is 0.320. The fraction of sp³-hybridized carbons (Fsp3) is 0.259. The van der Waals surface area contributed by atoms with Crippen LogP contribution in [0.3, 0.4) is 0 Å². The average Bonchev–Trinajstić information content (AvgIpc) is 2.86. The first-order chi connectivity index (χ1) is 16.9. The minimum atomic E-state index is -0.807. The molecule has 0 radical (unpaired) electrons. The van der Waals surface area contributed by atoms with Crippen LogP contribution in [0.5, 0.6) is 5.75 Å². The normalized spacial score (nSPS) is 11.5. The van der Waals surface area contributed by atoms with Gasteiger partial charge in [-0.05, 0) is 36.2 Å². The van der Waals surface area contributed by atoms with E-state index in [0.717, 1.165) is 12.0 Å². The minimum absolute atomic E-state index is 0.0419. The van der Waals surface area contributed by atoms with Crippen LogP contribution in [-0.2, 0) is 22.6 Å². The third-order valence-corrected chi connectivity index (χ3v) is 6.42. The molecule has 3 rings (SSSR count). The molecule has 0 aliphatic rings. The molecule has 0 aromatic heterocycles. The van der Waals surface area contributed by atoms with Crippen molar-refractivity contribution in [1.29, 1.82) is 0 Å². The van der Waals surface area contributed by atoms with Gasteiger partial charge in [0.05, 0.1) is 5.02 Å². The Morgan fingerprint density at radius 2 is 1.51 bits per heavy atom. The molecule has 8 heteroatoms. The summed E-state index contributed by atoms with van der Waals surface area (Å²) < 4.78 is 5.72. The predicted molar refractivity (Wildman–Crippen MR) is 141 cm³/mol. The first-order valence-electron chi connectivity index (χ1n) is 11.3. The average molecular weight is 534 g/mol. The van der Waals surface area contributed by atoms with E-state index in [4.69, 9.17) is 39.5 Å². The summed E-state index contributed by atoms with van der Waals surface area (Å²) in [6.45, 7) is 2.20. The Labute approximate surface area is 220 Å².